The SMILES string of the molecule is NCC1CC(=O)N(c2ncc3c(Br)cccc3n2)C1. The highest BCUT2D eigenvalue weighted by Gasteiger charge is 2.31. The van der Waals surface area contributed by atoms with Crippen LogP contribution in [0.3, 0.4) is 0 Å². The van der Waals surface area contributed by atoms with E-state index in [1.54, 1.807) is 11.1 Å². The summed E-state index contributed by atoms with van der Waals surface area (Å²) in [5.74, 6) is 0.714. The van der Waals surface area contributed by atoms with Crippen LogP contribution in [-0.2, 0) is 4.79 Å². The Kier molecular flexibility index (Phi) is 3.20. The van der Waals surface area contributed by atoms with Crippen molar-refractivity contribution in [3.8, 4) is 0 Å². The second-order valence-electron chi connectivity index (χ2n) is 4.65. The molecule has 2 N–H and O–H groups in total. The first-order chi connectivity index (χ1) is 9.19. The number of aromatic nitrogens is 2. The summed E-state index contributed by atoms with van der Waals surface area (Å²) in [7, 11) is 0. The molecule has 19 heavy (non-hydrogen) atoms. The number of hydrogen-bond acceptors (Lipinski definition) is 4. The van der Waals surface area contributed by atoms with Gasteiger partial charge in [0.1, 0.15) is 0 Å². The number of rotatable bonds is 2. The molecule has 1 aliphatic rings. The number of benzene rings is 1. The van der Waals surface area contributed by atoms with E-state index in [0.29, 0.717) is 25.5 Å². The van der Waals surface area contributed by atoms with Crippen molar-refractivity contribution >= 4 is 38.7 Å². The first-order valence-corrected chi connectivity index (χ1v) is 6.90. The van der Waals surface area contributed by atoms with Gasteiger partial charge < -0.3 is 5.73 Å². The smallest absolute Gasteiger partial charge is 0.232 e. The van der Waals surface area contributed by atoms with Gasteiger partial charge in [0.15, 0.2) is 0 Å². The van der Waals surface area contributed by atoms with E-state index in [0.717, 1.165) is 15.4 Å². The van der Waals surface area contributed by atoms with Gasteiger partial charge in [-0.05, 0) is 24.6 Å². The van der Waals surface area contributed by atoms with E-state index in [-0.39, 0.29) is 11.8 Å². The minimum absolute atomic E-state index is 0.0461. The molecule has 1 atom stereocenters. The monoisotopic (exact) mass is 320 g/mol. The fraction of sp³-hybridized carbons (Fsp3) is 0.308. The molecule has 1 amide bonds. The fourth-order valence-corrected chi connectivity index (χ4v) is 2.73. The Morgan fingerprint density at radius 2 is 2.32 bits per heavy atom. The Hall–Kier alpha value is -1.53. The molecular formula is C13H13BrN4O. The average Bonchev–Trinajstić information content (AvgIpc) is 2.80. The van der Waals surface area contributed by atoms with Crippen molar-refractivity contribution in [3.05, 3.63) is 28.9 Å². The average molecular weight is 321 g/mol. The van der Waals surface area contributed by atoms with Crippen LogP contribution < -0.4 is 10.6 Å². The number of amides is 1. The normalized spacial score (nSPS) is 19.4. The first kappa shape index (κ1) is 12.5. The van der Waals surface area contributed by atoms with Crippen LogP contribution in [0.15, 0.2) is 28.9 Å². The van der Waals surface area contributed by atoms with Crippen molar-refractivity contribution in [2.75, 3.05) is 18.0 Å². The number of anilines is 1. The van der Waals surface area contributed by atoms with Crippen LogP contribution in [-0.4, -0.2) is 29.0 Å². The third kappa shape index (κ3) is 2.21. The van der Waals surface area contributed by atoms with Crippen molar-refractivity contribution in [3.63, 3.8) is 0 Å². The molecule has 1 saturated heterocycles. The molecule has 1 aliphatic heterocycles. The van der Waals surface area contributed by atoms with Gasteiger partial charge in [0.25, 0.3) is 0 Å². The van der Waals surface area contributed by atoms with Crippen LogP contribution in [0.2, 0.25) is 0 Å². The molecule has 0 radical (unpaired) electrons. The third-order valence-corrected chi connectivity index (χ3v) is 4.03. The molecule has 5 nitrogen and oxygen atoms in total. The Morgan fingerprint density at radius 1 is 1.47 bits per heavy atom. The molecule has 0 aliphatic carbocycles. The zero-order chi connectivity index (χ0) is 13.4. The zero-order valence-electron chi connectivity index (χ0n) is 10.2. The van der Waals surface area contributed by atoms with E-state index in [9.17, 15) is 4.79 Å². The molecule has 0 bridgehead atoms. The van der Waals surface area contributed by atoms with Crippen LogP contribution in [0.4, 0.5) is 5.95 Å². The number of halogens is 1. The van der Waals surface area contributed by atoms with Gasteiger partial charge in [-0.3, -0.25) is 9.69 Å². The second kappa shape index (κ2) is 4.86. The maximum absolute atomic E-state index is 11.9. The summed E-state index contributed by atoms with van der Waals surface area (Å²) >= 11 is 3.46. The molecule has 98 valence electrons. The lowest BCUT2D eigenvalue weighted by Gasteiger charge is -2.14. The number of carbonyl (C=O) groups is 1. The minimum Gasteiger partial charge on any atom is -0.330 e. The van der Waals surface area contributed by atoms with Crippen LogP contribution in [0, 0.1) is 5.92 Å². The highest BCUT2D eigenvalue weighted by Crippen LogP contribution is 2.26. The quantitative estimate of drug-likeness (QED) is 0.914. The fourth-order valence-electron chi connectivity index (χ4n) is 2.27. The lowest BCUT2D eigenvalue weighted by molar-refractivity contribution is -0.117. The van der Waals surface area contributed by atoms with Gasteiger partial charge in [0, 0.05) is 29.0 Å². The number of fused-ring (bicyclic) bond motifs is 1. The van der Waals surface area contributed by atoms with Crippen molar-refractivity contribution in [2.24, 2.45) is 11.7 Å². The standard InChI is InChI=1S/C13H13BrN4O/c14-10-2-1-3-11-9(10)6-16-13(17-11)18-7-8(5-15)4-12(18)19/h1-3,6,8H,4-5,7,15H2. The maximum atomic E-state index is 11.9. The molecular weight excluding hydrogens is 308 g/mol. The highest BCUT2D eigenvalue weighted by atomic mass is 79.9. The highest BCUT2D eigenvalue weighted by molar-refractivity contribution is 9.10. The molecule has 0 saturated carbocycles. The van der Waals surface area contributed by atoms with Crippen molar-refractivity contribution in [2.45, 2.75) is 6.42 Å². The van der Waals surface area contributed by atoms with E-state index in [1.807, 2.05) is 18.2 Å². The number of carbonyl (C=O) groups excluding carboxylic acids is 1. The predicted molar refractivity (Wildman–Crippen MR) is 76.8 cm³/mol. The first-order valence-electron chi connectivity index (χ1n) is 6.10. The molecule has 1 aromatic heterocycles. The van der Waals surface area contributed by atoms with E-state index in [2.05, 4.69) is 25.9 Å². The topological polar surface area (TPSA) is 72.1 Å². The predicted octanol–water partition coefficient (Wildman–Crippen LogP) is 1.70. The molecule has 0 spiro atoms. The van der Waals surface area contributed by atoms with Crippen molar-refractivity contribution < 1.29 is 4.79 Å². The van der Waals surface area contributed by atoms with Crippen molar-refractivity contribution in [1.82, 2.24) is 9.97 Å². The van der Waals surface area contributed by atoms with E-state index in [4.69, 9.17) is 5.73 Å². The largest absolute Gasteiger partial charge is 0.330 e. The summed E-state index contributed by atoms with van der Waals surface area (Å²) in [6.45, 7) is 1.12. The summed E-state index contributed by atoms with van der Waals surface area (Å²) in [6.07, 6.45) is 2.22. The third-order valence-electron chi connectivity index (χ3n) is 3.34. The van der Waals surface area contributed by atoms with Gasteiger partial charge in [0.2, 0.25) is 11.9 Å². The molecule has 1 unspecified atom stereocenters. The number of hydrogen-bond donors (Lipinski definition) is 1. The van der Waals surface area contributed by atoms with E-state index >= 15 is 0 Å². The van der Waals surface area contributed by atoms with E-state index < -0.39 is 0 Å². The summed E-state index contributed by atoms with van der Waals surface area (Å²) < 4.78 is 0.948. The molecule has 2 heterocycles. The van der Waals surface area contributed by atoms with Crippen LogP contribution in [0.5, 0.6) is 0 Å². The Morgan fingerprint density at radius 3 is 3.05 bits per heavy atom. The summed E-state index contributed by atoms with van der Waals surface area (Å²) in [5, 5.41) is 0.938. The van der Waals surface area contributed by atoms with Crippen LogP contribution in [0.1, 0.15) is 6.42 Å². The lowest BCUT2D eigenvalue weighted by Crippen LogP contribution is -2.27. The molecule has 3 rings (SSSR count). The second-order valence-corrected chi connectivity index (χ2v) is 5.51. The Balaban J connectivity index is 2.00. The van der Waals surface area contributed by atoms with Gasteiger partial charge in [-0.1, -0.05) is 22.0 Å². The lowest BCUT2D eigenvalue weighted by atomic mass is 10.1. The number of nitrogens with two attached hydrogens (primary N) is 1. The van der Waals surface area contributed by atoms with Gasteiger partial charge in [-0.2, -0.15) is 0 Å². The zero-order valence-corrected chi connectivity index (χ0v) is 11.8. The van der Waals surface area contributed by atoms with Gasteiger partial charge in [-0.15, -0.1) is 0 Å². The van der Waals surface area contributed by atoms with Gasteiger partial charge in [-0.25, -0.2) is 9.97 Å². The van der Waals surface area contributed by atoms with Gasteiger partial charge in [0.05, 0.1) is 5.52 Å². The van der Waals surface area contributed by atoms with Crippen molar-refractivity contribution in [1.29, 1.82) is 0 Å². The number of nitrogens with zero attached hydrogens (tertiary/aromatic N) is 3. The molecule has 2 aromatic rings. The Bertz CT molecular complexity index is 646. The molecule has 1 aromatic carbocycles. The summed E-state index contributed by atoms with van der Waals surface area (Å²) in [4.78, 5) is 22.3. The maximum Gasteiger partial charge on any atom is 0.232 e. The summed E-state index contributed by atoms with van der Waals surface area (Å²) in [5.41, 5.74) is 6.44. The Labute approximate surface area is 119 Å². The molecule has 6 heteroatoms. The van der Waals surface area contributed by atoms with Crippen LogP contribution in [0.25, 0.3) is 10.9 Å². The molecule has 1 fully saturated rings. The minimum atomic E-state index is 0.0461. The van der Waals surface area contributed by atoms with Gasteiger partial charge >= 0.3 is 0 Å². The van der Waals surface area contributed by atoms with Crippen LogP contribution >= 0.6 is 15.9 Å². The van der Waals surface area contributed by atoms with E-state index in [1.165, 1.54) is 0 Å². The summed E-state index contributed by atoms with van der Waals surface area (Å²) in [6, 6.07) is 5.76.